The highest BCUT2D eigenvalue weighted by Gasteiger charge is 2.18. The maximum atomic E-state index is 12.9. The topological polar surface area (TPSA) is 76.0 Å². The van der Waals surface area contributed by atoms with Crippen LogP contribution in [0.1, 0.15) is 17.3 Å². The lowest BCUT2D eigenvalue weighted by atomic mass is 10.1. The zero-order valence-corrected chi connectivity index (χ0v) is 16.1. The summed E-state index contributed by atoms with van der Waals surface area (Å²) in [5.41, 5.74) is 0.839. The summed E-state index contributed by atoms with van der Waals surface area (Å²) in [5, 5.41) is 0.347. The van der Waals surface area contributed by atoms with Crippen molar-refractivity contribution < 1.29 is 23.7 Å². The molecule has 0 atom stereocenters. The molecule has 3 rings (SSSR count). The van der Waals surface area contributed by atoms with Crippen LogP contribution in [0.2, 0.25) is 0 Å². The Hall–Kier alpha value is -3.48. The highest BCUT2D eigenvalue weighted by Crippen LogP contribution is 2.31. The number of carbonyl (C=O) groups excluding carboxylic acids is 1. The number of carbonyl (C=O) groups is 1. The molecule has 0 unspecified atom stereocenters. The normalized spacial score (nSPS) is 10.6. The van der Waals surface area contributed by atoms with Gasteiger partial charge in [-0.1, -0.05) is 0 Å². The van der Waals surface area contributed by atoms with Gasteiger partial charge in [0.15, 0.2) is 11.5 Å². The largest absolute Gasteiger partial charge is 0.497 e. The molecule has 0 radical (unpaired) electrons. The quantitative estimate of drug-likeness (QED) is 0.609. The van der Waals surface area contributed by atoms with Crippen molar-refractivity contribution in [3.05, 3.63) is 58.4 Å². The molecular weight excluding hydrogens is 362 g/mol. The number of aromatic nitrogens is 1. The van der Waals surface area contributed by atoms with E-state index in [0.717, 1.165) is 0 Å². The smallest absolute Gasteiger partial charge is 0.343 e. The highest BCUT2D eigenvalue weighted by atomic mass is 16.5. The molecule has 28 heavy (non-hydrogen) atoms. The minimum absolute atomic E-state index is 0.0580. The molecule has 7 heteroatoms. The Morgan fingerprint density at radius 1 is 0.964 bits per heavy atom. The fourth-order valence-electron chi connectivity index (χ4n) is 2.98. The van der Waals surface area contributed by atoms with Crippen molar-refractivity contribution in [3.8, 4) is 22.9 Å². The molecule has 0 N–H and O–H groups in total. The SMILES string of the molecule is CCOC(=O)c1cn(-c2ccc(OC)c(OC)c2)c2ccc(OC)cc2c1=O. The third-order valence-corrected chi connectivity index (χ3v) is 4.35. The van der Waals surface area contributed by atoms with Crippen LogP contribution < -0.4 is 19.6 Å². The summed E-state index contributed by atoms with van der Waals surface area (Å²) in [7, 11) is 4.61. The molecule has 146 valence electrons. The Morgan fingerprint density at radius 3 is 2.36 bits per heavy atom. The third kappa shape index (κ3) is 3.38. The maximum Gasteiger partial charge on any atom is 0.343 e. The van der Waals surface area contributed by atoms with Crippen LogP contribution in [0.15, 0.2) is 47.4 Å². The Balaban J connectivity index is 2.33. The van der Waals surface area contributed by atoms with Gasteiger partial charge in [-0.05, 0) is 37.3 Å². The molecule has 0 spiro atoms. The second kappa shape index (κ2) is 8.04. The van der Waals surface area contributed by atoms with Gasteiger partial charge in [0.05, 0.1) is 38.8 Å². The van der Waals surface area contributed by atoms with E-state index in [2.05, 4.69) is 0 Å². The number of esters is 1. The molecule has 0 saturated carbocycles. The van der Waals surface area contributed by atoms with E-state index in [1.54, 1.807) is 56.0 Å². The van der Waals surface area contributed by atoms with Crippen LogP contribution in [0.3, 0.4) is 0 Å². The molecule has 0 aliphatic rings. The minimum Gasteiger partial charge on any atom is -0.497 e. The third-order valence-electron chi connectivity index (χ3n) is 4.35. The zero-order valence-electron chi connectivity index (χ0n) is 16.1. The standard InChI is InChI=1S/C21H21NO6/c1-5-28-21(24)16-12-22(13-6-9-18(26-3)19(10-13)27-4)17-8-7-14(25-2)11-15(17)20(16)23/h6-12H,5H2,1-4H3. The van der Waals surface area contributed by atoms with Crippen molar-refractivity contribution in [3.63, 3.8) is 0 Å². The van der Waals surface area contributed by atoms with Gasteiger partial charge in [0.25, 0.3) is 0 Å². The van der Waals surface area contributed by atoms with Gasteiger partial charge < -0.3 is 23.5 Å². The summed E-state index contributed by atoms with van der Waals surface area (Å²) in [4.78, 5) is 25.3. The van der Waals surface area contributed by atoms with Crippen molar-refractivity contribution in [2.24, 2.45) is 0 Å². The second-order valence-electron chi connectivity index (χ2n) is 5.88. The van der Waals surface area contributed by atoms with E-state index in [1.165, 1.54) is 13.3 Å². The van der Waals surface area contributed by atoms with E-state index < -0.39 is 11.4 Å². The lowest BCUT2D eigenvalue weighted by Gasteiger charge is -2.16. The molecular formula is C21H21NO6. The number of ether oxygens (including phenoxy) is 4. The number of rotatable bonds is 6. The Bertz CT molecular complexity index is 1090. The van der Waals surface area contributed by atoms with Crippen molar-refractivity contribution in [2.45, 2.75) is 6.92 Å². The number of nitrogens with zero attached hydrogens (tertiary/aromatic N) is 1. The Kier molecular flexibility index (Phi) is 5.54. The van der Waals surface area contributed by atoms with Gasteiger partial charge in [-0.15, -0.1) is 0 Å². The van der Waals surface area contributed by atoms with E-state index in [4.69, 9.17) is 18.9 Å². The first kappa shape index (κ1) is 19.3. The molecule has 0 aliphatic carbocycles. The molecule has 0 bridgehead atoms. The summed E-state index contributed by atoms with van der Waals surface area (Å²) < 4.78 is 22.7. The molecule has 0 aliphatic heterocycles. The van der Waals surface area contributed by atoms with Crippen LogP contribution in [-0.4, -0.2) is 38.5 Å². The fourth-order valence-corrected chi connectivity index (χ4v) is 2.98. The first-order valence-electron chi connectivity index (χ1n) is 8.67. The molecule has 3 aromatic rings. The average molecular weight is 383 g/mol. The van der Waals surface area contributed by atoms with E-state index in [1.807, 2.05) is 6.07 Å². The number of fused-ring (bicyclic) bond motifs is 1. The van der Waals surface area contributed by atoms with E-state index >= 15 is 0 Å². The predicted octanol–water partition coefficient (Wildman–Crippen LogP) is 3.19. The molecule has 7 nitrogen and oxygen atoms in total. The second-order valence-corrected chi connectivity index (χ2v) is 5.88. The molecule has 2 aromatic carbocycles. The van der Waals surface area contributed by atoms with Gasteiger partial charge in [-0.2, -0.15) is 0 Å². The van der Waals surface area contributed by atoms with Crippen LogP contribution in [0.5, 0.6) is 17.2 Å². The zero-order chi connectivity index (χ0) is 20.3. The maximum absolute atomic E-state index is 12.9. The lowest BCUT2D eigenvalue weighted by molar-refractivity contribution is 0.0524. The number of benzene rings is 2. The monoisotopic (exact) mass is 383 g/mol. The van der Waals surface area contributed by atoms with Gasteiger partial charge in [0.1, 0.15) is 11.3 Å². The molecule has 0 amide bonds. The number of pyridine rings is 1. The number of methoxy groups -OCH3 is 3. The van der Waals surface area contributed by atoms with E-state index in [0.29, 0.717) is 33.8 Å². The summed E-state index contributed by atoms with van der Waals surface area (Å²) in [6.07, 6.45) is 1.48. The van der Waals surface area contributed by atoms with Gasteiger partial charge in [-0.3, -0.25) is 4.79 Å². The molecule has 1 heterocycles. The predicted molar refractivity (Wildman–Crippen MR) is 105 cm³/mol. The first-order chi connectivity index (χ1) is 13.5. The van der Waals surface area contributed by atoms with Crippen molar-refractivity contribution in [1.82, 2.24) is 4.57 Å². The van der Waals surface area contributed by atoms with Crippen LogP contribution in [-0.2, 0) is 4.74 Å². The summed E-state index contributed by atoms with van der Waals surface area (Å²) >= 11 is 0. The van der Waals surface area contributed by atoms with Crippen LogP contribution in [0.4, 0.5) is 0 Å². The lowest BCUT2D eigenvalue weighted by Crippen LogP contribution is -2.20. The minimum atomic E-state index is -0.675. The van der Waals surface area contributed by atoms with Crippen LogP contribution in [0.25, 0.3) is 16.6 Å². The van der Waals surface area contributed by atoms with Crippen molar-refractivity contribution in [2.75, 3.05) is 27.9 Å². The Labute approximate surface area is 162 Å². The highest BCUT2D eigenvalue weighted by molar-refractivity contribution is 5.94. The average Bonchev–Trinajstić information content (AvgIpc) is 2.73. The van der Waals surface area contributed by atoms with E-state index in [-0.39, 0.29) is 12.2 Å². The van der Waals surface area contributed by atoms with Crippen LogP contribution >= 0.6 is 0 Å². The van der Waals surface area contributed by atoms with E-state index in [9.17, 15) is 9.59 Å². The Morgan fingerprint density at radius 2 is 1.71 bits per heavy atom. The summed E-state index contributed by atoms with van der Waals surface area (Å²) in [6, 6.07) is 10.5. The van der Waals surface area contributed by atoms with Gasteiger partial charge in [-0.25, -0.2) is 4.79 Å². The fraction of sp³-hybridized carbons (Fsp3) is 0.238. The van der Waals surface area contributed by atoms with Crippen molar-refractivity contribution >= 4 is 16.9 Å². The molecule has 0 saturated heterocycles. The van der Waals surface area contributed by atoms with Gasteiger partial charge >= 0.3 is 5.97 Å². The number of hydrogen-bond donors (Lipinski definition) is 0. The molecule has 0 fully saturated rings. The number of hydrogen-bond acceptors (Lipinski definition) is 6. The summed E-state index contributed by atoms with van der Waals surface area (Å²) in [6.45, 7) is 1.86. The van der Waals surface area contributed by atoms with Crippen molar-refractivity contribution in [1.29, 1.82) is 0 Å². The summed E-state index contributed by atoms with van der Waals surface area (Å²) in [5.74, 6) is 0.942. The first-order valence-corrected chi connectivity index (χ1v) is 8.67. The molecule has 1 aromatic heterocycles. The van der Waals surface area contributed by atoms with Gasteiger partial charge in [0.2, 0.25) is 5.43 Å². The van der Waals surface area contributed by atoms with Crippen LogP contribution in [0, 0.1) is 0 Å². The van der Waals surface area contributed by atoms with Gasteiger partial charge in [0, 0.05) is 18.0 Å².